The molecular formula is C14H11Cl3N2O. The predicted molar refractivity (Wildman–Crippen MR) is 85.0 cm³/mol. The molecular weight excluding hydrogens is 319 g/mol. The lowest BCUT2D eigenvalue weighted by Crippen LogP contribution is -2.14. The van der Waals surface area contributed by atoms with Gasteiger partial charge in [0.1, 0.15) is 0 Å². The first kappa shape index (κ1) is 15.0. The zero-order valence-electron chi connectivity index (χ0n) is 10.5. The number of nitrogens with two attached hydrogens (primary N) is 1. The highest BCUT2D eigenvalue weighted by Gasteiger charge is 2.14. The van der Waals surface area contributed by atoms with E-state index in [1.54, 1.807) is 18.2 Å². The van der Waals surface area contributed by atoms with Crippen LogP contribution in [0.5, 0.6) is 0 Å². The van der Waals surface area contributed by atoms with E-state index in [0.29, 0.717) is 22.0 Å². The minimum Gasteiger partial charge on any atom is -0.399 e. The molecule has 0 unspecified atom stereocenters. The monoisotopic (exact) mass is 328 g/mol. The number of anilines is 2. The van der Waals surface area contributed by atoms with Crippen molar-refractivity contribution in [1.29, 1.82) is 0 Å². The number of rotatable bonds is 2. The third kappa shape index (κ3) is 3.18. The Kier molecular flexibility index (Phi) is 4.43. The number of hydrogen-bond donors (Lipinski definition) is 2. The molecule has 2 rings (SSSR count). The van der Waals surface area contributed by atoms with Gasteiger partial charge in [0.2, 0.25) is 0 Å². The maximum Gasteiger partial charge on any atom is 0.256 e. The van der Waals surface area contributed by atoms with Crippen molar-refractivity contribution >= 4 is 52.1 Å². The van der Waals surface area contributed by atoms with Gasteiger partial charge in [0.05, 0.1) is 15.7 Å². The predicted octanol–water partition coefficient (Wildman–Crippen LogP) is 4.79. The SMILES string of the molecule is Cc1ccc(N)cc1C(=O)Nc1c(Cl)cc(Cl)cc1Cl. The Bertz CT molecular complexity index is 663. The van der Waals surface area contributed by atoms with E-state index in [1.165, 1.54) is 12.1 Å². The maximum absolute atomic E-state index is 12.3. The summed E-state index contributed by atoms with van der Waals surface area (Å²) in [5.74, 6) is -0.332. The largest absolute Gasteiger partial charge is 0.399 e. The number of nitrogens with one attached hydrogen (secondary N) is 1. The Balaban J connectivity index is 2.35. The standard InChI is InChI=1S/C14H11Cl3N2O/c1-7-2-3-9(18)6-10(7)14(20)19-13-11(16)4-8(15)5-12(13)17/h2-6H,18H2,1H3,(H,19,20). The summed E-state index contributed by atoms with van der Waals surface area (Å²) in [6.45, 7) is 1.82. The molecule has 0 atom stereocenters. The Morgan fingerprint density at radius 3 is 2.30 bits per heavy atom. The van der Waals surface area contributed by atoms with Crippen LogP contribution in [0, 0.1) is 6.92 Å². The number of halogens is 3. The summed E-state index contributed by atoms with van der Waals surface area (Å²) < 4.78 is 0. The summed E-state index contributed by atoms with van der Waals surface area (Å²) in [6, 6.07) is 8.12. The number of benzene rings is 2. The third-order valence-corrected chi connectivity index (χ3v) is 3.57. The summed E-state index contributed by atoms with van der Waals surface area (Å²) in [5, 5.41) is 3.62. The maximum atomic E-state index is 12.3. The van der Waals surface area contributed by atoms with Crippen LogP contribution in [0.15, 0.2) is 30.3 Å². The Morgan fingerprint density at radius 1 is 1.10 bits per heavy atom. The van der Waals surface area contributed by atoms with Crippen LogP contribution in [0.2, 0.25) is 15.1 Å². The fourth-order valence-electron chi connectivity index (χ4n) is 1.73. The quantitative estimate of drug-likeness (QED) is 0.778. The lowest BCUT2D eigenvalue weighted by atomic mass is 10.1. The number of carbonyl (C=O) groups is 1. The molecule has 6 heteroatoms. The van der Waals surface area contributed by atoms with Crippen LogP contribution in [0.4, 0.5) is 11.4 Å². The van der Waals surface area contributed by atoms with E-state index < -0.39 is 0 Å². The first-order valence-corrected chi connectivity index (χ1v) is 6.84. The van der Waals surface area contributed by atoms with E-state index >= 15 is 0 Å². The van der Waals surface area contributed by atoms with E-state index in [0.717, 1.165) is 5.56 Å². The highest BCUT2D eigenvalue weighted by molar-refractivity contribution is 6.42. The molecule has 3 N–H and O–H groups in total. The van der Waals surface area contributed by atoms with Gasteiger partial charge >= 0.3 is 0 Å². The van der Waals surface area contributed by atoms with Gasteiger partial charge in [0.15, 0.2) is 0 Å². The third-order valence-electron chi connectivity index (χ3n) is 2.75. The molecule has 20 heavy (non-hydrogen) atoms. The molecule has 0 saturated heterocycles. The van der Waals surface area contributed by atoms with Crippen LogP contribution >= 0.6 is 34.8 Å². The van der Waals surface area contributed by atoms with Crippen LogP contribution in [-0.4, -0.2) is 5.91 Å². The number of aryl methyl sites for hydroxylation is 1. The fraction of sp³-hybridized carbons (Fsp3) is 0.0714. The summed E-state index contributed by atoms with van der Waals surface area (Å²) in [6.07, 6.45) is 0. The average molecular weight is 330 g/mol. The molecule has 2 aromatic rings. The van der Waals surface area contributed by atoms with Crippen molar-refractivity contribution in [2.75, 3.05) is 11.1 Å². The molecule has 3 nitrogen and oxygen atoms in total. The number of carbonyl (C=O) groups excluding carboxylic acids is 1. The summed E-state index contributed by atoms with van der Waals surface area (Å²) in [7, 11) is 0. The van der Waals surface area contributed by atoms with Crippen molar-refractivity contribution in [2.45, 2.75) is 6.92 Å². The zero-order chi connectivity index (χ0) is 14.9. The second-order valence-electron chi connectivity index (χ2n) is 4.27. The van der Waals surface area contributed by atoms with Crippen LogP contribution in [0.25, 0.3) is 0 Å². The van der Waals surface area contributed by atoms with Gasteiger partial charge in [-0.2, -0.15) is 0 Å². The van der Waals surface area contributed by atoms with Crippen LogP contribution < -0.4 is 11.1 Å². The Hall–Kier alpha value is -1.42. The van der Waals surface area contributed by atoms with Crippen LogP contribution in [0.3, 0.4) is 0 Å². The van der Waals surface area contributed by atoms with Crippen LogP contribution in [-0.2, 0) is 0 Å². The van der Waals surface area contributed by atoms with Crippen molar-refractivity contribution in [3.05, 3.63) is 56.5 Å². The van der Waals surface area contributed by atoms with Crippen molar-refractivity contribution in [2.24, 2.45) is 0 Å². The van der Waals surface area contributed by atoms with Gasteiger partial charge in [-0.1, -0.05) is 40.9 Å². The van der Waals surface area contributed by atoms with Gasteiger partial charge in [-0.05, 0) is 36.8 Å². The smallest absolute Gasteiger partial charge is 0.256 e. The molecule has 0 aliphatic rings. The second-order valence-corrected chi connectivity index (χ2v) is 5.52. The summed E-state index contributed by atoms with van der Waals surface area (Å²) in [5.41, 5.74) is 7.79. The summed E-state index contributed by atoms with van der Waals surface area (Å²) in [4.78, 5) is 12.3. The van der Waals surface area contributed by atoms with E-state index in [4.69, 9.17) is 40.5 Å². The normalized spacial score (nSPS) is 10.4. The number of hydrogen-bond acceptors (Lipinski definition) is 2. The highest BCUT2D eigenvalue weighted by Crippen LogP contribution is 2.34. The second kappa shape index (κ2) is 5.92. The topological polar surface area (TPSA) is 55.1 Å². The lowest BCUT2D eigenvalue weighted by Gasteiger charge is -2.11. The van der Waals surface area contributed by atoms with Crippen LogP contribution in [0.1, 0.15) is 15.9 Å². The van der Waals surface area contributed by atoms with Gasteiger partial charge in [-0.3, -0.25) is 4.79 Å². The molecule has 0 aliphatic carbocycles. The molecule has 0 heterocycles. The van der Waals surface area contributed by atoms with Gasteiger partial charge in [0.25, 0.3) is 5.91 Å². The lowest BCUT2D eigenvalue weighted by molar-refractivity contribution is 0.102. The number of amides is 1. The van der Waals surface area contributed by atoms with E-state index in [1.807, 2.05) is 6.92 Å². The molecule has 0 radical (unpaired) electrons. The first-order chi connectivity index (χ1) is 9.38. The molecule has 0 fully saturated rings. The van der Waals surface area contributed by atoms with Crippen molar-refractivity contribution in [3.63, 3.8) is 0 Å². The number of nitrogen functional groups attached to an aromatic ring is 1. The van der Waals surface area contributed by atoms with E-state index in [2.05, 4.69) is 5.32 Å². The molecule has 1 amide bonds. The van der Waals surface area contributed by atoms with Gasteiger partial charge < -0.3 is 11.1 Å². The van der Waals surface area contributed by atoms with Gasteiger partial charge in [-0.25, -0.2) is 0 Å². The van der Waals surface area contributed by atoms with Crippen molar-refractivity contribution in [1.82, 2.24) is 0 Å². The van der Waals surface area contributed by atoms with E-state index in [9.17, 15) is 4.79 Å². The Labute approximate surface area is 131 Å². The van der Waals surface area contributed by atoms with E-state index in [-0.39, 0.29) is 16.0 Å². The zero-order valence-corrected chi connectivity index (χ0v) is 12.8. The van der Waals surface area contributed by atoms with Gasteiger partial charge in [-0.15, -0.1) is 0 Å². The highest BCUT2D eigenvalue weighted by atomic mass is 35.5. The molecule has 0 bridgehead atoms. The molecule has 0 aliphatic heterocycles. The molecule has 2 aromatic carbocycles. The van der Waals surface area contributed by atoms with Crippen molar-refractivity contribution in [3.8, 4) is 0 Å². The molecule has 0 aromatic heterocycles. The minimum atomic E-state index is -0.332. The first-order valence-electron chi connectivity index (χ1n) is 5.70. The van der Waals surface area contributed by atoms with Crippen molar-refractivity contribution < 1.29 is 4.79 Å². The Morgan fingerprint density at radius 2 is 1.70 bits per heavy atom. The average Bonchev–Trinajstić information content (AvgIpc) is 2.36. The van der Waals surface area contributed by atoms with Gasteiger partial charge in [0, 0.05) is 16.3 Å². The molecule has 104 valence electrons. The summed E-state index contributed by atoms with van der Waals surface area (Å²) >= 11 is 17.9. The molecule has 0 saturated carbocycles. The molecule has 0 spiro atoms. The fourth-order valence-corrected chi connectivity index (χ4v) is 2.64. The minimum absolute atomic E-state index is 0.275.